The lowest BCUT2D eigenvalue weighted by atomic mass is 9.87. The van der Waals surface area contributed by atoms with Gasteiger partial charge in [-0.25, -0.2) is 9.97 Å². The molecule has 0 saturated carbocycles. The molecule has 0 aliphatic heterocycles. The van der Waals surface area contributed by atoms with Gasteiger partial charge >= 0.3 is 0 Å². The lowest BCUT2D eigenvalue weighted by Gasteiger charge is -2.19. The summed E-state index contributed by atoms with van der Waals surface area (Å²) < 4.78 is -3.56. The minimum Gasteiger partial charge on any atom is -0.350 e. The Hall–Kier alpha value is -3.32. The number of anilines is 2. The largest absolute Gasteiger partial charge is 0.350 e. The van der Waals surface area contributed by atoms with Crippen molar-refractivity contribution in [2.24, 2.45) is 0 Å². The Balaban J connectivity index is 0.000000208. The first-order valence-electron chi connectivity index (χ1n) is 15.9. The average Bonchev–Trinajstić information content (AvgIpc) is 3.14. The second kappa shape index (κ2) is 18.1. The highest BCUT2D eigenvalue weighted by Crippen LogP contribution is 2.38. The van der Waals surface area contributed by atoms with Gasteiger partial charge in [-0.05, 0) is 52.4 Å². The summed E-state index contributed by atoms with van der Waals surface area (Å²) in [5.74, 6) is 1.38. The second-order valence-electron chi connectivity index (χ2n) is 12.5. The Labute approximate surface area is 352 Å². The first kappa shape index (κ1) is 41.8. The van der Waals surface area contributed by atoms with Crippen molar-refractivity contribution in [2.75, 3.05) is 10.6 Å². The van der Waals surface area contributed by atoms with Gasteiger partial charge in [-0.1, -0.05) is 150 Å². The van der Waals surface area contributed by atoms with Crippen molar-refractivity contribution in [3.8, 4) is 22.8 Å². The minimum absolute atomic E-state index is 0.00717. The zero-order valence-corrected chi connectivity index (χ0v) is 34.7. The Bertz CT molecular complexity index is 2160. The molecule has 4 heterocycles. The zero-order valence-electron chi connectivity index (χ0n) is 28.7. The smallest absolute Gasteiger partial charge is 0.250 e. The Kier molecular flexibility index (Phi) is 14.0. The molecule has 0 saturated heterocycles. The van der Waals surface area contributed by atoms with E-state index in [2.05, 4.69) is 83.4 Å². The lowest BCUT2D eigenvalue weighted by molar-refractivity contribution is 0.590. The molecular weight excluding hydrogens is 856 g/mol. The summed E-state index contributed by atoms with van der Waals surface area (Å²) in [6.07, 6.45) is 6.89. The molecule has 4 aromatic heterocycles. The summed E-state index contributed by atoms with van der Waals surface area (Å²) in [6.45, 7) is 7.41. The predicted molar refractivity (Wildman–Crippen MR) is 221 cm³/mol. The number of aromatic nitrogens is 8. The number of alkyl halides is 6. The quantitative estimate of drug-likeness (QED) is 0.143. The van der Waals surface area contributed by atoms with Gasteiger partial charge in [0.2, 0.25) is 19.5 Å². The second-order valence-corrected chi connectivity index (χ2v) is 17.9. The first-order chi connectivity index (χ1) is 25.5. The molecule has 0 aliphatic carbocycles. The lowest BCUT2D eigenvalue weighted by Crippen LogP contribution is -2.14. The molecule has 0 bridgehead atoms. The number of nitrogens with zero attached hydrogens (tertiary/aromatic N) is 8. The summed E-state index contributed by atoms with van der Waals surface area (Å²) in [7, 11) is 0. The van der Waals surface area contributed by atoms with Crippen LogP contribution < -0.4 is 10.6 Å². The molecule has 280 valence electrons. The summed E-state index contributed by atoms with van der Waals surface area (Å²) in [5.41, 5.74) is 4.62. The van der Waals surface area contributed by atoms with E-state index in [1.807, 2.05) is 36.4 Å². The van der Waals surface area contributed by atoms with Crippen LogP contribution in [0.2, 0.25) is 10.0 Å². The van der Waals surface area contributed by atoms with Gasteiger partial charge in [-0.15, -0.1) is 0 Å². The standard InChI is InChI=1S/C20H20Cl3N5.C16H10Cl5N5/c1-19(2,3)15-8-6-14(7-9-15)16-26-17(20(21,22)23)28-18(27-16)25-12-13-5-4-10-24-11-13;17-11-4-3-10(6-12(11)18)13-24-14(16(19,20)21)26-15(25-13)23-8-9-2-1-5-22-7-9/h4-11H,12H2,1-3H3,(H,25,26,27,28);1-7H,8H2,(H,23,24,25,26). The van der Waals surface area contributed by atoms with E-state index in [1.165, 1.54) is 5.56 Å². The van der Waals surface area contributed by atoms with Crippen LogP contribution in [0, 0.1) is 0 Å². The molecule has 6 aromatic rings. The van der Waals surface area contributed by atoms with Crippen LogP contribution in [0.3, 0.4) is 0 Å². The summed E-state index contributed by atoms with van der Waals surface area (Å²) in [6, 6.07) is 20.6. The number of halogens is 8. The Morgan fingerprint density at radius 3 is 1.41 bits per heavy atom. The third-order valence-corrected chi connectivity index (χ3v) is 9.06. The van der Waals surface area contributed by atoms with Crippen LogP contribution in [-0.4, -0.2) is 39.9 Å². The van der Waals surface area contributed by atoms with Crippen molar-refractivity contribution in [3.05, 3.63) is 130 Å². The number of pyridine rings is 2. The predicted octanol–water partition coefficient (Wildman–Crippen LogP) is 11.3. The maximum Gasteiger partial charge on any atom is 0.250 e. The molecule has 54 heavy (non-hydrogen) atoms. The highest BCUT2D eigenvalue weighted by atomic mass is 35.6. The van der Waals surface area contributed by atoms with Gasteiger partial charge in [-0.3, -0.25) is 9.97 Å². The SMILES string of the molecule is CC(C)(C)c1ccc(-c2nc(NCc3cccnc3)nc(C(Cl)(Cl)Cl)n2)cc1.Clc1ccc(-c2nc(NCc3cccnc3)nc(C(Cl)(Cl)Cl)n2)cc1Cl. The minimum atomic E-state index is -1.81. The van der Waals surface area contributed by atoms with Crippen molar-refractivity contribution in [1.82, 2.24) is 39.9 Å². The summed E-state index contributed by atoms with van der Waals surface area (Å²) in [4.78, 5) is 34.0. The van der Waals surface area contributed by atoms with E-state index >= 15 is 0 Å². The molecule has 0 unspecified atom stereocenters. The Morgan fingerprint density at radius 2 is 1.00 bits per heavy atom. The van der Waals surface area contributed by atoms with Crippen LogP contribution in [0.4, 0.5) is 11.9 Å². The molecule has 2 aromatic carbocycles. The van der Waals surface area contributed by atoms with Crippen LogP contribution in [0.15, 0.2) is 91.5 Å². The molecule has 0 atom stereocenters. The number of rotatable bonds is 8. The molecule has 0 aliphatic rings. The van der Waals surface area contributed by atoms with E-state index in [9.17, 15) is 0 Å². The fourth-order valence-electron chi connectivity index (χ4n) is 4.54. The van der Waals surface area contributed by atoms with Gasteiger partial charge in [0.1, 0.15) is 0 Å². The number of benzene rings is 2. The third-order valence-electron chi connectivity index (χ3n) is 7.31. The van der Waals surface area contributed by atoms with Gasteiger partial charge in [0.25, 0.3) is 0 Å². The maximum absolute atomic E-state index is 6.07. The van der Waals surface area contributed by atoms with Crippen molar-refractivity contribution < 1.29 is 0 Å². The van der Waals surface area contributed by atoms with Crippen molar-refractivity contribution in [1.29, 1.82) is 0 Å². The summed E-state index contributed by atoms with van der Waals surface area (Å²) >= 11 is 48.0. The van der Waals surface area contributed by atoms with E-state index in [1.54, 1.807) is 43.0 Å². The van der Waals surface area contributed by atoms with E-state index in [4.69, 9.17) is 92.8 Å². The molecule has 0 amide bonds. The van der Waals surface area contributed by atoms with Gasteiger partial charge in [0, 0.05) is 49.0 Å². The van der Waals surface area contributed by atoms with Crippen LogP contribution in [0.25, 0.3) is 22.8 Å². The average molecular weight is 886 g/mol. The Morgan fingerprint density at radius 1 is 0.537 bits per heavy atom. The maximum atomic E-state index is 6.07. The van der Waals surface area contributed by atoms with Crippen molar-refractivity contribution in [2.45, 2.75) is 46.9 Å². The van der Waals surface area contributed by atoms with E-state index < -0.39 is 7.59 Å². The van der Waals surface area contributed by atoms with E-state index in [0.717, 1.165) is 16.7 Å². The van der Waals surface area contributed by atoms with Crippen molar-refractivity contribution in [3.63, 3.8) is 0 Å². The number of nitrogens with one attached hydrogen (secondary N) is 2. The highest BCUT2D eigenvalue weighted by molar-refractivity contribution is 6.67. The first-order valence-corrected chi connectivity index (χ1v) is 19.0. The fourth-order valence-corrected chi connectivity index (χ4v) is 5.35. The molecule has 2 N–H and O–H groups in total. The van der Waals surface area contributed by atoms with Gasteiger partial charge in [0.05, 0.1) is 10.0 Å². The van der Waals surface area contributed by atoms with Crippen LogP contribution in [-0.2, 0) is 26.1 Å². The van der Waals surface area contributed by atoms with Gasteiger partial charge in [-0.2, -0.15) is 19.9 Å². The molecular formula is C36H30Cl8N10. The van der Waals surface area contributed by atoms with Gasteiger partial charge in [0.15, 0.2) is 23.3 Å². The molecule has 0 radical (unpaired) electrons. The third kappa shape index (κ3) is 12.1. The molecule has 18 heteroatoms. The normalized spacial score (nSPS) is 11.8. The molecule has 6 rings (SSSR count). The van der Waals surface area contributed by atoms with E-state index in [-0.39, 0.29) is 23.0 Å². The number of hydrogen-bond donors (Lipinski definition) is 2. The van der Waals surface area contributed by atoms with Crippen LogP contribution in [0.1, 0.15) is 49.1 Å². The highest BCUT2D eigenvalue weighted by Gasteiger charge is 2.30. The number of hydrogen-bond acceptors (Lipinski definition) is 10. The topological polar surface area (TPSA) is 127 Å². The fraction of sp³-hybridized carbons (Fsp3) is 0.222. The van der Waals surface area contributed by atoms with Crippen LogP contribution in [0.5, 0.6) is 0 Å². The van der Waals surface area contributed by atoms with E-state index in [0.29, 0.717) is 46.3 Å². The molecule has 0 spiro atoms. The molecule has 10 nitrogen and oxygen atoms in total. The summed E-state index contributed by atoms with van der Waals surface area (Å²) in [5, 5.41) is 7.00. The van der Waals surface area contributed by atoms with Crippen molar-refractivity contribution >= 4 is 105 Å². The molecule has 0 fully saturated rings. The van der Waals surface area contributed by atoms with Gasteiger partial charge < -0.3 is 10.6 Å². The monoisotopic (exact) mass is 882 g/mol. The zero-order chi connectivity index (χ0) is 39.1. The van der Waals surface area contributed by atoms with Crippen LogP contribution >= 0.6 is 92.8 Å².